The van der Waals surface area contributed by atoms with E-state index >= 15 is 0 Å². The highest BCUT2D eigenvalue weighted by atomic mass is 19.1. The molecule has 1 aromatic carbocycles. The van der Waals surface area contributed by atoms with Crippen molar-refractivity contribution in [1.82, 2.24) is 4.98 Å². The lowest BCUT2D eigenvalue weighted by atomic mass is 10.1. The zero-order chi connectivity index (χ0) is 14.7. The SMILES string of the molecule is Cc1cc(CNc2cccnc2N2CCCC2)ccc1F. The van der Waals surface area contributed by atoms with Crippen LogP contribution in [-0.4, -0.2) is 18.1 Å². The van der Waals surface area contributed by atoms with Gasteiger partial charge >= 0.3 is 0 Å². The molecular formula is C17H20FN3. The van der Waals surface area contributed by atoms with Gasteiger partial charge in [0.05, 0.1) is 5.69 Å². The molecule has 0 aliphatic carbocycles. The summed E-state index contributed by atoms with van der Waals surface area (Å²) in [6, 6.07) is 9.22. The molecule has 1 aliphatic heterocycles. The molecule has 0 unspecified atom stereocenters. The summed E-state index contributed by atoms with van der Waals surface area (Å²) in [6.07, 6.45) is 4.29. The topological polar surface area (TPSA) is 28.2 Å². The summed E-state index contributed by atoms with van der Waals surface area (Å²) in [6.45, 7) is 4.61. The number of hydrogen-bond donors (Lipinski definition) is 1. The van der Waals surface area contributed by atoms with E-state index in [4.69, 9.17) is 0 Å². The van der Waals surface area contributed by atoms with Crippen molar-refractivity contribution in [2.45, 2.75) is 26.3 Å². The number of nitrogens with zero attached hydrogens (tertiary/aromatic N) is 2. The highest BCUT2D eigenvalue weighted by molar-refractivity contribution is 5.65. The highest BCUT2D eigenvalue weighted by Gasteiger charge is 2.16. The zero-order valence-corrected chi connectivity index (χ0v) is 12.3. The van der Waals surface area contributed by atoms with E-state index in [2.05, 4.69) is 21.3 Å². The van der Waals surface area contributed by atoms with E-state index in [1.807, 2.05) is 24.4 Å². The van der Waals surface area contributed by atoms with Crippen molar-refractivity contribution in [3.63, 3.8) is 0 Å². The molecule has 1 aliphatic rings. The second-order valence-corrected chi connectivity index (χ2v) is 5.51. The van der Waals surface area contributed by atoms with Gasteiger partial charge in [0.2, 0.25) is 0 Å². The minimum Gasteiger partial charge on any atom is -0.378 e. The van der Waals surface area contributed by atoms with E-state index in [1.54, 1.807) is 6.92 Å². The number of aryl methyl sites for hydroxylation is 1. The average Bonchev–Trinajstić information content (AvgIpc) is 3.03. The third-order valence-corrected chi connectivity index (χ3v) is 3.90. The Morgan fingerprint density at radius 3 is 2.81 bits per heavy atom. The molecule has 1 fully saturated rings. The van der Waals surface area contributed by atoms with Gasteiger partial charge in [-0.05, 0) is 49.1 Å². The van der Waals surface area contributed by atoms with Crippen molar-refractivity contribution in [1.29, 1.82) is 0 Å². The molecule has 0 amide bonds. The maximum absolute atomic E-state index is 13.3. The summed E-state index contributed by atoms with van der Waals surface area (Å²) < 4.78 is 13.3. The summed E-state index contributed by atoms with van der Waals surface area (Å²) in [5.74, 6) is 0.867. The maximum atomic E-state index is 13.3. The Balaban J connectivity index is 1.74. The molecule has 110 valence electrons. The molecule has 0 saturated carbocycles. The van der Waals surface area contributed by atoms with Crippen LogP contribution in [0.3, 0.4) is 0 Å². The summed E-state index contributed by atoms with van der Waals surface area (Å²) >= 11 is 0. The number of hydrogen-bond acceptors (Lipinski definition) is 3. The fourth-order valence-electron chi connectivity index (χ4n) is 2.73. The van der Waals surface area contributed by atoms with Crippen LogP contribution < -0.4 is 10.2 Å². The number of pyridine rings is 1. The summed E-state index contributed by atoms with van der Waals surface area (Å²) in [5.41, 5.74) is 2.80. The number of rotatable bonds is 4. The first-order chi connectivity index (χ1) is 10.2. The fraction of sp³-hybridized carbons (Fsp3) is 0.353. The Bertz CT molecular complexity index is 621. The van der Waals surface area contributed by atoms with Gasteiger partial charge in [0.1, 0.15) is 5.82 Å². The molecule has 3 nitrogen and oxygen atoms in total. The lowest BCUT2D eigenvalue weighted by Gasteiger charge is -2.20. The average molecular weight is 285 g/mol. The third kappa shape index (κ3) is 3.15. The van der Waals surface area contributed by atoms with Gasteiger partial charge in [0.15, 0.2) is 5.82 Å². The van der Waals surface area contributed by atoms with Crippen LogP contribution >= 0.6 is 0 Å². The van der Waals surface area contributed by atoms with E-state index in [0.29, 0.717) is 12.1 Å². The van der Waals surface area contributed by atoms with Gasteiger partial charge in [-0.25, -0.2) is 9.37 Å². The van der Waals surface area contributed by atoms with Crippen LogP contribution in [0.4, 0.5) is 15.9 Å². The second kappa shape index (κ2) is 6.12. The Morgan fingerprint density at radius 1 is 1.24 bits per heavy atom. The standard InChI is InChI=1S/C17H20FN3/c1-13-11-14(6-7-15(13)18)12-20-16-5-4-8-19-17(16)21-9-2-3-10-21/h4-8,11,20H,2-3,9-10,12H2,1H3. The zero-order valence-electron chi connectivity index (χ0n) is 12.3. The molecule has 0 bridgehead atoms. The fourth-order valence-corrected chi connectivity index (χ4v) is 2.73. The normalized spacial score (nSPS) is 14.5. The predicted molar refractivity (Wildman–Crippen MR) is 84.1 cm³/mol. The van der Waals surface area contributed by atoms with Crippen molar-refractivity contribution in [3.05, 3.63) is 53.5 Å². The minimum atomic E-state index is -0.155. The Labute approximate surface area is 124 Å². The molecule has 1 saturated heterocycles. The largest absolute Gasteiger partial charge is 0.378 e. The summed E-state index contributed by atoms with van der Waals surface area (Å²) in [7, 11) is 0. The Morgan fingerprint density at radius 2 is 2.05 bits per heavy atom. The monoisotopic (exact) mass is 285 g/mol. The van der Waals surface area contributed by atoms with Gasteiger partial charge in [-0.1, -0.05) is 12.1 Å². The summed E-state index contributed by atoms with van der Waals surface area (Å²) in [5, 5.41) is 3.43. The predicted octanol–water partition coefficient (Wildman–Crippen LogP) is 3.74. The molecule has 2 heterocycles. The smallest absolute Gasteiger partial charge is 0.151 e. The third-order valence-electron chi connectivity index (χ3n) is 3.90. The molecule has 2 aromatic rings. The van der Waals surface area contributed by atoms with E-state index in [9.17, 15) is 4.39 Å². The van der Waals surface area contributed by atoms with E-state index in [0.717, 1.165) is 30.2 Å². The molecule has 4 heteroatoms. The van der Waals surface area contributed by atoms with Crippen LogP contribution in [-0.2, 0) is 6.54 Å². The first-order valence-electron chi connectivity index (χ1n) is 7.43. The Hall–Kier alpha value is -2.10. The number of benzene rings is 1. The molecule has 3 rings (SSSR count). The number of aromatic nitrogens is 1. The van der Waals surface area contributed by atoms with Crippen LogP contribution in [0.1, 0.15) is 24.0 Å². The van der Waals surface area contributed by atoms with Crippen molar-refractivity contribution >= 4 is 11.5 Å². The van der Waals surface area contributed by atoms with Gasteiger partial charge in [0.25, 0.3) is 0 Å². The highest BCUT2D eigenvalue weighted by Crippen LogP contribution is 2.26. The first kappa shape index (κ1) is 13.9. The first-order valence-corrected chi connectivity index (χ1v) is 7.43. The molecule has 21 heavy (non-hydrogen) atoms. The lowest BCUT2D eigenvalue weighted by molar-refractivity contribution is 0.617. The van der Waals surface area contributed by atoms with Crippen molar-refractivity contribution in [2.24, 2.45) is 0 Å². The second-order valence-electron chi connectivity index (χ2n) is 5.51. The van der Waals surface area contributed by atoms with Crippen molar-refractivity contribution in [3.8, 4) is 0 Å². The van der Waals surface area contributed by atoms with Gasteiger partial charge in [0, 0.05) is 25.8 Å². The van der Waals surface area contributed by atoms with Crippen LogP contribution in [0.5, 0.6) is 0 Å². The van der Waals surface area contributed by atoms with E-state index < -0.39 is 0 Å². The Kier molecular flexibility index (Phi) is 4.04. The van der Waals surface area contributed by atoms with Gasteiger partial charge < -0.3 is 10.2 Å². The van der Waals surface area contributed by atoms with Crippen LogP contribution in [0, 0.1) is 12.7 Å². The molecular weight excluding hydrogens is 265 g/mol. The molecule has 0 spiro atoms. The van der Waals surface area contributed by atoms with Gasteiger partial charge in [-0.2, -0.15) is 0 Å². The van der Waals surface area contributed by atoms with E-state index in [-0.39, 0.29) is 5.82 Å². The van der Waals surface area contributed by atoms with Gasteiger partial charge in [-0.15, -0.1) is 0 Å². The van der Waals surface area contributed by atoms with Crippen molar-refractivity contribution in [2.75, 3.05) is 23.3 Å². The number of halogens is 1. The number of nitrogens with one attached hydrogen (secondary N) is 1. The minimum absolute atomic E-state index is 0.155. The molecule has 0 radical (unpaired) electrons. The lowest BCUT2D eigenvalue weighted by Crippen LogP contribution is -2.20. The molecule has 1 N–H and O–H groups in total. The quantitative estimate of drug-likeness (QED) is 0.927. The van der Waals surface area contributed by atoms with E-state index in [1.165, 1.54) is 18.9 Å². The molecule has 1 aromatic heterocycles. The number of anilines is 2. The van der Waals surface area contributed by atoms with Crippen LogP contribution in [0.25, 0.3) is 0 Å². The summed E-state index contributed by atoms with van der Waals surface area (Å²) in [4.78, 5) is 6.83. The van der Waals surface area contributed by atoms with Crippen LogP contribution in [0.15, 0.2) is 36.5 Å². The maximum Gasteiger partial charge on any atom is 0.151 e. The van der Waals surface area contributed by atoms with Crippen molar-refractivity contribution < 1.29 is 4.39 Å². The molecule has 0 atom stereocenters. The van der Waals surface area contributed by atoms with Gasteiger partial charge in [-0.3, -0.25) is 0 Å². The van der Waals surface area contributed by atoms with Crippen LogP contribution in [0.2, 0.25) is 0 Å².